The maximum Gasteiger partial charge on any atom is 0.157 e. The lowest BCUT2D eigenvalue weighted by molar-refractivity contribution is -0.110. The number of pyridine rings is 1. The van der Waals surface area contributed by atoms with E-state index in [2.05, 4.69) is 11.1 Å². The van der Waals surface area contributed by atoms with Crippen molar-refractivity contribution in [2.45, 2.75) is 20.0 Å². The molecule has 0 aliphatic heterocycles. The number of benzene rings is 2. The summed E-state index contributed by atoms with van der Waals surface area (Å²) in [6.45, 7) is 2.77. The molecule has 32 heavy (non-hydrogen) atoms. The van der Waals surface area contributed by atoms with Crippen LogP contribution in [0.2, 0.25) is 0 Å². The summed E-state index contributed by atoms with van der Waals surface area (Å²) in [5.74, 6) is 2.16. The molecule has 2 aromatic carbocycles. The van der Waals surface area contributed by atoms with Crippen LogP contribution in [0.1, 0.15) is 19.0 Å². The standard InChI is InChI=1S/C27H25NO4/c1-20-6-4-8-22(27(16-20)30-15-14-29)18-31-24-9-5-10-25(17-24)32-19-23-13-12-21-7-2-3-11-26(21)28-23/h2-14,17H,15-16,18-19H2,1H3. The number of allylic oxidation sites excluding steroid dienone is 3. The van der Waals surface area contributed by atoms with Crippen molar-refractivity contribution in [3.63, 3.8) is 0 Å². The predicted octanol–water partition coefficient (Wildman–Crippen LogP) is 5.57. The van der Waals surface area contributed by atoms with Gasteiger partial charge in [0.1, 0.15) is 37.1 Å². The van der Waals surface area contributed by atoms with E-state index in [9.17, 15) is 4.79 Å². The number of nitrogens with zero attached hydrogens (tertiary/aromatic N) is 1. The third-order valence-corrected chi connectivity index (χ3v) is 5.04. The molecule has 5 heteroatoms. The Kier molecular flexibility index (Phi) is 6.98. The van der Waals surface area contributed by atoms with Crippen LogP contribution in [0.15, 0.2) is 95.8 Å². The van der Waals surface area contributed by atoms with Crippen LogP contribution < -0.4 is 9.47 Å². The van der Waals surface area contributed by atoms with Crippen LogP contribution >= 0.6 is 0 Å². The van der Waals surface area contributed by atoms with Crippen molar-refractivity contribution in [1.82, 2.24) is 4.98 Å². The average molecular weight is 428 g/mol. The largest absolute Gasteiger partial charge is 0.490 e. The van der Waals surface area contributed by atoms with Gasteiger partial charge in [-0.2, -0.15) is 0 Å². The Hall–Kier alpha value is -3.86. The van der Waals surface area contributed by atoms with Gasteiger partial charge in [-0.25, -0.2) is 4.98 Å². The van der Waals surface area contributed by atoms with E-state index < -0.39 is 0 Å². The highest BCUT2D eigenvalue weighted by Crippen LogP contribution is 2.24. The number of rotatable bonds is 9. The molecule has 0 fully saturated rings. The van der Waals surface area contributed by atoms with Gasteiger partial charge >= 0.3 is 0 Å². The highest BCUT2D eigenvalue weighted by Gasteiger charge is 2.11. The summed E-state index contributed by atoms with van der Waals surface area (Å²) in [5, 5.41) is 1.11. The van der Waals surface area contributed by atoms with E-state index in [1.807, 2.05) is 79.7 Å². The zero-order valence-electron chi connectivity index (χ0n) is 18.0. The van der Waals surface area contributed by atoms with E-state index in [-0.39, 0.29) is 6.61 Å². The minimum atomic E-state index is 0.0338. The summed E-state index contributed by atoms with van der Waals surface area (Å²) in [5.41, 5.74) is 3.89. The highest BCUT2D eigenvalue weighted by atomic mass is 16.5. The quantitative estimate of drug-likeness (QED) is 0.418. The van der Waals surface area contributed by atoms with Gasteiger partial charge in [-0.05, 0) is 31.2 Å². The fourth-order valence-electron chi connectivity index (χ4n) is 3.41. The van der Waals surface area contributed by atoms with Crippen molar-refractivity contribution < 1.29 is 19.0 Å². The maximum atomic E-state index is 10.7. The first-order valence-electron chi connectivity index (χ1n) is 10.5. The molecular weight excluding hydrogens is 402 g/mol. The number of carbonyl (C=O) groups is 1. The summed E-state index contributed by atoms with van der Waals surface area (Å²) in [6.07, 6.45) is 7.38. The second-order valence-electron chi connectivity index (χ2n) is 7.52. The second kappa shape index (κ2) is 10.4. The van der Waals surface area contributed by atoms with Crippen LogP contribution in [-0.2, 0) is 16.1 Å². The molecule has 3 aromatic rings. The van der Waals surface area contributed by atoms with Gasteiger partial charge in [-0.15, -0.1) is 0 Å². The molecule has 1 aliphatic carbocycles. The Bertz CT molecular complexity index is 1190. The van der Waals surface area contributed by atoms with E-state index in [1.54, 1.807) is 0 Å². The molecule has 0 atom stereocenters. The number of aldehydes is 1. The van der Waals surface area contributed by atoms with Crippen LogP contribution in [0.4, 0.5) is 0 Å². The molecule has 1 aromatic heterocycles. The number of hydrogen-bond acceptors (Lipinski definition) is 5. The predicted molar refractivity (Wildman–Crippen MR) is 125 cm³/mol. The molecular formula is C27H25NO4. The Balaban J connectivity index is 1.40. The van der Waals surface area contributed by atoms with Gasteiger partial charge in [-0.3, -0.25) is 4.79 Å². The smallest absolute Gasteiger partial charge is 0.157 e. The number of para-hydroxylation sites is 1. The van der Waals surface area contributed by atoms with Crippen molar-refractivity contribution in [3.05, 3.63) is 101 Å². The van der Waals surface area contributed by atoms with Crippen molar-refractivity contribution in [1.29, 1.82) is 0 Å². The third-order valence-electron chi connectivity index (χ3n) is 5.04. The third kappa shape index (κ3) is 5.64. The van der Waals surface area contributed by atoms with Crippen molar-refractivity contribution in [2.75, 3.05) is 13.2 Å². The fraction of sp³-hybridized carbons (Fsp3) is 0.185. The molecule has 0 bridgehead atoms. The SMILES string of the molecule is CC1=CC=CC(COc2cccc(OCc3ccc4ccccc4n3)c2)=C(OCC=O)C1. The normalized spacial score (nSPS) is 13.5. The van der Waals surface area contributed by atoms with E-state index in [1.165, 1.54) is 0 Å². The summed E-state index contributed by atoms with van der Waals surface area (Å²) in [6, 6.07) is 19.6. The first kappa shape index (κ1) is 21.4. The fourth-order valence-corrected chi connectivity index (χ4v) is 3.41. The van der Waals surface area contributed by atoms with Crippen molar-refractivity contribution in [3.8, 4) is 11.5 Å². The first-order chi connectivity index (χ1) is 15.7. The molecule has 1 heterocycles. The Labute approximate surface area is 187 Å². The Morgan fingerprint density at radius 1 is 0.938 bits per heavy atom. The van der Waals surface area contributed by atoms with Gasteiger partial charge < -0.3 is 14.2 Å². The monoisotopic (exact) mass is 427 g/mol. The molecule has 4 rings (SSSR count). The Morgan fingerprint density at radius 2 is 1.75 bits per heavy atom. The first-order valence-corrected chi connectivity index (χ1v) is 10.5. The molecule has 162 valence electrons. The summed E-state index contributed by atoms with van der Waals surface area (Å²) < 4.78 is 17.6. The zero-order valence-corrected chi connectivity index (χ0v) is 18.0. The van der Waals surface area contributed by atoms with Crippen LogP contribution in [0.3, 0.4) is 0 Å². The number of aromatic nitrogens is 1. The van der Waals surface area contributed by atoms with Crippen LogP contribution in [0.5, 0.6) is 11.5 Å². The van der Waals surface area contributed by atoms with Gasteiger partial charge in [0.15, 0.2) is 6.29 Å². The number of hydrogen-bond donors (Lipinski definition) is 0. The van der Waals surface area contributed by atoms with Crippen molar-refractivity contribution in [2.24, 2.45) is 0 Å². The van der Waals surface area contributed by atoms with Gasteiger partial charge in [0.05, 0.1) is 11.2 Å². The summed E-state index contributed by atoms with van der Waals surface area (Å²) >= 11 is 0. The van der Waals surface area contributed by atoms with E-state index in [0.29, 0.717) is 31.1 Å². The maximum absolute atomic E-state index is 10.7. The number of ether oxygens (including phenoxy) is 3. The molecule has 5 nitrogen and oxygen atoms in total. The molecule has 0 amide bonds. The number of carbonyl (C=O) groups excluding carboxylic acids is 1. The minimum absolute atomic E-state index is 0.0338. The van der Waals surface area contributed by atoms with Crippen LogP contribution in [-0.4, -0.2) is 24.5 Å². The topological polar surface area (TPSA) is 57.6 Å². The lowest BCUT2D eigenvalue weighted by atomic mass is 10.1. The molecule has 0 N–H and O–H groups in total. The highest BCUT2D eigenvalue weighted by molar-refractivity contribution is 5.78. The van der Waals surface area contributed by atoms with Crippen LogP contribution in [0.25, 0.3) is 10.9 Å². The number of fused-ring (bicyclic) bond motifs is 1. The van der Waals surface area contributed by atoms with Gasteiger partial charge in [0.2, 0.25) is 0 Å². The van der Waals surface area contributed by atoms with Gasteiger partial charge in [0, 0.05) is 23.4 Å². The molecule has 1 aliphatic rings. The zero-order chi connectivity index (χ0) is 22.2. The lowest BCUT2D eigenvalue weighted by Crippen LogP contribution is -2.07. The van der Waals surface area contributed by atoms with E-state index in [0.717, 1.165) is 39.8 Å². The second-order valence-corrected chi connectivity index (χ2v) is 7.52. The van der Waals surface area contributed by atoms with E-state index in [4.69, 9.17) is 14.2 Å². The molecule has 0 saturated carbocycles. The minimum Gasteiger partial charge on any atom is -0.490 e. The molecule has 0 radical (unpaired) electrons. The Morgan fingerprint density at radius 3 is 2.59 bits per heavy atom. The van der Waals surface area contributed by atoms with E-state index >= 15 is 0 Å². The van der Waals surface area contributed by atoms with Gasteiger partial charge in [0.25, 0.3) is 0 Å². The summed E-state index contributed by atoms with van der Waals surface area (Å²) in [4.78, 5) is 15.4. The molecule has 0 saturated heterocycles. The van der Waals surface area contributed by atoms with Gasteiger partial charge in [-0.1, -0.05) is 54.1 Å². The van der Waals surface area contributed by atoms with Crippen LogP contribution in [0, 0.1) is 0 Å². The molecule has 0 unspecified atom stereocenters. The summed E-state index contributed by atoms with van der Waals surface area (Å²) in [7, 11) is 0. The lowest BCUT2D eigenvalue weighted by Gasteiger charge is -2.14. The van der Waals surface area contributed by atoms with Crippen molar-refractivity contribution >= 4 is 17.2 Å². The molecule has 0 spiro atoms. The average Bonchev–Trinajstić information content (AvgIpc) is 3.00.